The Morgan fingerprint density at radius 1 is 1.33 bits per heavy atom. The number of hydrogen-bond donors (Lipinski definition) is 2. The van der Waals surface area contributed by atoms with E-state index in [-0.39, 0.29) is 10.9 Å². The van der Waals surface area contributed by atoms with Crippen LogP contribution >= 0.6 is 46.4 Å². The van der Waals surface area contributed by atoms with E-state index in [1.54, 1.807) is 24.3 Å². The second-order valence-corrected chi connectivity index (χ2v) is 6.48. The molecule has 0 atom stereocenters. The first-order valence-corrected chi connectivity index (χ1v) is 7.92. The van der Waals surface area contributed by atoms with Crippen molar-refractivity contribution in [3.63, 3.8) is 0 Å². The third kappa shape index (κ3) is 3.72. The molecule has 108 valence electrons. The molecule has 0 spiro atoms. The van der Waals surface area contributed by atoms with E-state index in [0.29, 0.717) is 21.8 Å². The molecule has 0 fully saturated rings. The molecule has 2 rings (SSSR count). The maximum Gasteiger partial charge on any atom is 0.256 e. The third-order valence-electron chi connectivity index (χ3n) is 2.94. The van der Waals surface area contributed by atoms with Crippen LogP contribution in [0.25, 0.3) is 0 Å². The minimum absolute atomic E-state index is 0.245. The van der Waals surface area contributed by atoms with E-state index in [4.69, 9.17) is 29.6 Å². The first-order valence-electron chi connectivity index (χ1n) is 6.06. The fourth-order valence-corrected chi connectivity index (χ4v) is 2.98. The maximum absolute atomic E-state index is 12.4. The summed E-state index contributed by atoms with van der Waals surface area (Å²) < 4.78 is 0.819. The highest BCUT2D eigenvalue weighted by Crippen LogP contribution is 2.23. The van der Waals surface area contributed by atoms with Gasteiger partial charge < -0.3 is 11.1 Å². The van der Waals surface area contributed by atoms with Crippen molar-refractivity contribution in [1.29, 1.82) is 0 Å². The Kier molecular flexibility index (Phi) is 5.18. The summed E-state index contributed by atoms with van der Waals surface area (Å²) in [5, 5.41) is 3.36. The van der Waals surface area contributed by atoms with E-state index in [9.17, 15) is 4.79 Å². The summed E-state index contributed by atoms with van der Waals surface area (Å²) in [6, 6.07) is 10.7. The average molecular weight is 431 g/mol. The molecule has 0 aliphatic rings. The Balaban J connectivity index is 2.39. The second kappa shape index (κ2) is 6.72. The topological polar surface area (TPSA) is 55.1 Å². The zero-order valence-electron chi connectivity index (χ0n) is 11.1. The molecule has 0 radical (unpaired) electrons. The maximum atomic E-state index is 12.4. The van der Waals surface area contributed by atoms with Gasteiger partial charge in [0.1, 0.15) is 4.99 Å². The van der Waals surface area contributed by atoms with Crippen molar-refractivity contribution in [2.75, 3.05) is 5.32 Å². The van der Waals surface area contributed by atoms with E-state index < -0.39 is 0 Å². The molecule has 6 heteroatoms. The van der Waals surface area contributed by atoms with Crippen LogP contribution in [0.15, 0.2) is 36.4 Å². The standard InChI is InChI=1S/C15H12ClIN2OS/c1-8-3-2-4-12(13(8)14(18)21)19-15(20)10-7-9(16)5-6-11(10)17/h2-7H,1H3,(H2,18,21)(H,19,20). The molecule has 0 aliphatic heterocycles. The molecule has 3 N–H and O–H groups in total. The van der Waals surface area contributed by atoms with Gasteiger partial charge in [0.25, 0.3) is 5.91 Å². The van der Waals surface area contributed by atoms with Crippen LogP contribution in [-0.2, 0) is 0 Å². The van der Waals surface area contributed by atoms with Crippen LogP contribution in [0.1, 0.15) is 21.5 Å². The van der Waals surface area contributed by atoms with Crippen molar-refractivity contribution >= 4 is 63.0 Å². The van der Waals surface area contributed by atoms with Gasteiger partial charge in [0.2, 0.25) is 0 Å². The molecule has 0 unspecified atom stereocenters. The van der Waals surface area contributed by atoms with Crippen molar-refractivity contribution < 1.29 is 4.79 Å². The Morgan fingerprint density at radius 3 is 2.71 bits per heavy atom. The Morgan fingerprint density at radius 2 is 2.05 bits per heavy atom. The Hall–Kier alpha value is -1.18. The number of amides is 1. The minimum Gasteiger partial charge on any atom is -0.389 e. The van der Waals surface area contributed by atoms with Gasteiger partial charge in [-0.3, -0.25) is 4.79 Å². The van der Waals surface area contributed by atoms with Crippen molar-refractivity contribution in [1.82, 2.24) is 0 Å². The highest BCUT2D eigenvalue weighted by molar-refractivity contribution is 14.1. The van der Waals surface area contributed by atoms with Crippen LogP contribution < -0.4 is 11.1 Å². The number of benzene rings is 2. The average Bonchev–Trinajstić information content (AvgIpc) is 2.41. The van der Waals surface area contributed by atoms with Crippen LogP contribution in [0, 0.1) is 10.5 Å². The van der Waals surface area contributed by atoms with Gasteiger partial charge in [0.05, 0.1) is 11.3 Å². The first-order chi connectivity index (χ1) is 9.90. The largest absolute Gasteiger partial charge is 0.389 e. The van der Waals surface area contributed by atoms with Gasteiger partial charge in [-0.1, -0.05) is 36.0 Å². The summed E-state index contributed by atoms with van der Waals surface area (Å²) in [5.41, 5.74) is 8.45. The lowest BCUT2D eigenvalue weighted by Crippen LogP contribution is -2.19. The van der Waals surface area contributed by atoms with Gasteiger partial charge >= 0.3 is 0 Å². The van der Waals surface area contributed by atoms with Gasteiger partial charge in [-0.2, -0.15) is 0 Å². The fourth-order valence-electron chi connectivity index (χ4n) is 1.96. The number of aryl methyl sites for hydroxylation is 1. The predicted octanol–water partition coefficient (Wildman–Crippen LogP) is 4.14. The monoisotopic (exact) mass is 430 g/mol. The molecule has 0 saturated carbocycles. The molecular formula is C15H12ClIN2OS. The first kappa shape index (κ1) is 16.2. The summed E-state index contributed by atoms with van der Waals surface area (Å²) in [6.45, 7) is 1.90. The van der Waals surface area contributed by atoms with Crippen molar-refractivity contribution in [2.45, 2.75) is 6.92 Å². The summed E-state index contributed by atoms with van der Waals surface area (Å²) >= 11 is 13.1. The van der Waals surface area contributed by atoms with Crippen molar-refractivity contribution in [3.05, 3.63) is 61.7 Å². The molecule has 2 aromatic rings. The lowest BCUT2D eigenvalue weighted by atomic mass is 10.1. The lowest BCUT2D eigenvalue weighted by Gasteiger charge is -2.13. The van der Waals surface area contributed by atoms with Gasteiger partial charge in [0.15, 0.2) is 0 Å². The van der Waals surface area contributed by atoms with E-state index in [1.807, 2.05) is 19.1 Å². The molecule has 1 amide bonds. The zero-order valence-corrected chi connectivity index (χ0v) is 14.8. The van der Waals surface area contributed by atoms with Crippen LogP contribution in [0.3, 0.4) is 0 Å². The van der Waals surface area contributed by atoms with E-state index in [0.717, 1.165) is 9.13 Å². The fraction of sp³-hybridized carbons (Fsp3) is 0.0667. The quantitative estimate of drug-likeness (QED) is 0.568. The highest BCUT2D eigenvalue weighted by Gasteiger charge is 2.14. The van der Waals surface area contributed by atoms with E-state index in [1.165, 1.54) is 0 Å². The number of nitrogens with two attached hydrogens (primary N) is 1. The SMILES string of the molecule is Cc1cccc(NC(=O)c2cc(Cl)ccc2I)c1C(N)=S. The molecule has 2 aromatic carbocycles. The van der Waals surface area contributed by atoms with Crippen molar-refractivity contribution in [3.8, 4) is 0 Å². The van der Waals surface area contributed by atoms with Gasteiger partial charge in [-0.05, 0) is 59.3 Å². The highest BCUT2D eigenvalue weighted by atomic mass is 127. The van der Waals surface area contributed by atoms with Gasteiger partial charge in [-0.15, -0.1) is 0 Å². The molecule has 0 aromatic heterocycles. The third-order valence-corrected chi connectivity index (χ3v) is 4.32. The number of thiocarbonyl (C=S) groups is 1. The number of halogens is 2. The summed E-state index contributed by atoms with van der Waals surface area (Å²) in [6.07, 6.45) is 0. The van der Waals surface area contributed by atoms with Crippen LogP contribution in [0.5, 0.6) is 0 Å². The van der Waals surface area contributed by atoms with E-state index in [2.05, 4.69) is 27.9 Å². The molecule has 0 bridgehead atoms. The number of carbonyl (C=O) groups is 1. The molecule has 21 heavy (non-hydrogen) atoms. The van der Waals surface area contributed by atoms with Crippen LogP contribution in [-0.4, -0.2) is 10.9 Å². The molecule has 0 saturated heterocycles. The zero-order chi connectivity index (χ0) is 15.6. The second-order valence-electron chi connectivity index (χ2n) is 4.44. The van der Waals surface area contributed by atoms with Crippen LogP contribution in [0.4, 0.5) is 5.69 Å². The van der Waals surface area contributed by atoms with Crippen LogP contribution in [0.2, 0.25) is 5.02 Å². The predicted molar refractivity (Wildman–Crippen MR) is 99.2 cm³/mol. The molecular weight excluding hydrogens is 419 g/mol. The molecule has 0 aliphatic carbocycles. The van der Waals surface area contributed by atoms with Gasteiger partial charge in [0, 0.05) is 14.2 Å². The molecule has 0 heterocycles. The number of carbonyl (C=O) groups excluding carboxylic acids is 1. The van der Waals surface area contributed by atoms with E-state index >= 15 is 0 Å². The number of rotatable bonds is 3. The normalized spacial score (nSPS) is 10.2. The number of anilines is 1. The summed E-state index contributed by atoms with van der Waals surface area (Å²) in [4.78, 5) is 12.7. The summed E-state index contributed by atoms with van der Waals surface area (Å²) in [7, 11) is 0. The van der Waals surface area contributed by atoms with Gasteiger partial charge in [-0.25, -0.2) is 0 Å². The molecule has 3 nitrogen and oxygen atoms in total. The number of hydrogen-bond acceptors (Lipinski definition) is 2. The number of nitrogens with one attached hydrogen (secondary N) is 1. The smallest absolute Gasteiger partial charge is 0.256 e. The Bertz CT molecular complexity index is 734. The minimum atomic E-state index is -0.245. The summed E-state index contributed by atoms with van der Waals surface area (Å²) in [5.74, 6) is -0.245. The Labute approximate surface area is 147 Å². The van der Waals surface area contributed by atoms with Crippen molar-refractivity contribution in [2.24, 2.45) is 5.73 Å². The lowest BCUT2D eigenvalue weighted by molar-refractivity contribution is 0.102.